The van der Waals surface area contributed by atoms with Crippen molar-refractivity contribution < 1.29 is 0 Å². The Morgan fingerprint density at radius 1 is 0.125 bits per heavy atom. The molecule has 298 valence electrons. The first-order chi connectivity index (χ1) is 31.8. The normalized spacial score (nSPS) is 11.4. The van der Waals surface area contributed by atoms with E-state index in [0.29, 0.717) is 0 Å². The van der Waals surface area contributed by atoms with Gasteiger partial charge in [0.05, 0.1) is 0 Å². The molecular weight excluding hydrogens is 769 g/mol. The highest BCUT2D eigenvalue weighted by molar-refractivity contribution is 6.24. The van der Waals surface area contributed by atoms with Crippen LogP contribution in [0.25, 0.3) is 121 Å². The molecule has 12 aromatic rings. The lowest BCUT2D eigenvalue weighted by Crippen LogP contribution is -1.93. The summed E-state index contributed by atoms with van der Waals surface area (Å²) in [5.74, 6) is 0. The van der Waals surface area contributed by atoms with Gasteiger partial charge in [0.1, 0.15) is 0 Å². The molecule has 0 radical (unpaired) electrons. The smallest absolute Gasteiger partial charge is 0.00261 e. The summed E-state index contributed by atoms with van der Waals surface area (Å²) in [6.45, 7) is 0. The maximum Gasteiger partial charge on any atom is -0.00261 e. The van der Waals surface area contributed by atoms with E-state index in [4.69, 9.17) is 0 Å². The fourth-order valence-electron chi connectivity index (χ4n) is 10.1. The van der Waals surface area contributed by atoms with Crippen LogP contribution in [0.3, 0.4) is 0 Å². The molecule has 12 aromatic carbocycles. The van der Waals surface area contributed by atoms with Gasteiger partial charge < -0.3 is 0 Å². The Morgan fingerprint density at radius 3 is 0.656 bits per heavy atom. The molecule has 0 fully saturated rings. The van der Waals surface area contributed by atoms with E-state index in [9.17, 15) is 0 Å². The second kappa shape index (κ2) is 15.9. The minimum Gasteiger partial charge on any atom is -0.0622 e. The zero-order chi connectivity index (χ0) is 42.4. The Morgan fingerprint density at radius 2 is 0.328 bits per heavy atom. The average Bonchev–Trinajstić information content (AvgIpc) is 3.38. The third-order valence-electron chi connectivity index (χ3n) is 13.1. The minimum atomic E-state index is 1.19. The van der Waals surface area contributed by atoms with Crippen LogP contribution in [0.5, 0.6) is 0 Å². The Balaban J connectivity index is 1.12. The van der Waals surface area contributed by atoms with E-state index in [1.54, 1.807) is 0 Å². The van der Waals surface area contributed by atoms with Gasteiger partial charge in [-0.25, -0.2) is 0 Å². The van der Waals surface area contributed by atoms with Gasteiger partial charge in [-0.05, 0) is 133 Å². The summed E-state index contributed by atoms with van der Waals surface area (Å²) in [5.41, 5.74) is 17.1. The molecule has 0 aliphatic heterocycles. The number of fused-ring (bicyclic) bond motifs is 4. The zero-order valence-corrected chi connectivity index (χ0v) is 35.2. The minimum absolute atomic E-state index is 1.19. The van der Waals surface area contributed by atoms with Gasteiger partial charge in [-0.15, -0.1) is 0 Å². The monoisotopic (exact) mass is 810 g/mol. The average molecular weight is 811 g/mol. The maximum absolute atomic E-state index is 2.45. The predicted octanol–water partition coefficient (Wildman–Crippen LogP) is 18.0. The van der Waals surface area contributed by atoms with Gasteiger partial charge in [0.25, 0.3) is 0 Å². The fraction of sp³-hybridized carbons (Fsp3) is 0. The van der Waals surface area contributed by atoms with Crippen molar-refractivity contribution >= 4 is 43.1 Å². The van der Waals surface area contributed by atoms with E-state index in [1.807, 2.05) is 0 Å². The number of hydrogen-bond donors (Lipinski definition) is 0. The standard InChI is InChI=1S/C64H42/c1-5-17-43(18-6-1)45-29-33-49(34-30-45)63-55-27-15-13-25-53(55)61(47-21-9-3-10-22-47)57-39-37-51(41-59(57)63)52-38-40-58-60(42-52)64(50-35-31-46(32-36-50)44-19-7-2-8-20-44)56-28-16-14-26-54(56)62(58)48-23-11-4-12-24-48/h1-42H. The van der Waals surface area contributed by atoms with E-state index in [1.165, 1.54) is 121 Å². The van der Waals surface area contributed by atoms with Crippen molar-refractivity contribution in [3.05, 3.63) is 255 Å². The highest BCUT2D eigenvalue weighted by Gasteiger charge is 2.20. The van der Waals surface area contributed by atoms with Crippen molar-refractivity contribution in [3.63, 3.8) is 0 Å². The van der Waals surface area contributed by atoms with Crippen LogP contribution in [-0.2, 0) is 0 Å². The molecule has 0 unspecified atom stereocenters. The van der Waals surface area contributed by atoms with Gasteiger partial charge in [0.15, 0.2) is 0 Å². The second-order valence-corrected chi connectivity index (χ2v) is 16.7. The molecule has 0 aliphatic carbocycles. The molecule has 0 bridgehead atoms. The van der Waals surface area contributed by atoms with Gasteiger partial charge in [0.2, 0.25) is 0 Å². The van der Waals surface area contributed by atoms with Crippen LogP contribution in [-0.4, -0.2) is 0 Å². The summed E-state index contributed by atoms with van der Waals surface area (Å²) >= 11 is 0. The molecule has 0 heterocycles. The van der Waals surface area contributed by atoms with Crippen LogP contribution < -0.4 is 0 Å². The maximum atomic E-state index is 2.45. The summed E-state index contributed by atoms with van der Waals surface area (Å²) in [6, 6.07) is 93.6. The van der Waals surface area contributed by atoms with Crippen LogP contribution in [0.1, 0.15) is 0 Å². The fourth-order valence-corrected chi connectivity index (χ4v) is 10.1. The van der Waals surface area contributed by atoms with Crippen molar-refractivity contribution in [1.29, 1.82) is 0 Å². The lowest BCUT2D eigenvalue weighted by atomic mass is 9.83. The summed E-state index contributed by atoms with van der Waals surface area (Å²) in [5, 5.41) is 9.97. The van der Waals surface area contributed by atoms with E-state index >= 15 is 0 Å². The topological polar surface area (TPSA) is 0 Å². The van der Waals surface area contributed by atoms with Crippen LogP contribution in [0, 0.1) is 0 Å². The van der Waals surface area contributed by atoms with Crippen LogP contribution in [0.4, 0.5) is 0 Å². The number of benzene rings is 12. The number of hydrogen-bond acceptors (Lipinski definition) is 0. The SMILES string of the molecule is c1ccc(-c2ccc(-c3c4ccccc4c(-c4ccccc4)c4ccc(-c5ccc6c(-c7ccccc7)c7ccccc7c(-c7ccc(-c8ccccc8)cc7)c6c5)cc34)cc2)cc1. The first kappa shape index (κ1) is 37.4. The number of rotatable bonds is 7. The van der Waals surface area contributed by atoms with E-state index in [2.05, 4.69) is 255 Å². The summed E-state index contributed by atoms with van der Waals surface area (Å²) in [7, 11) is 0. The van der Waals surface area contributed by atoms with Gasteiger partial charge in [-0.3, -0.25) is 0 Å². The highest BCUT2D eigenvalue weighted by Crippen LogP contribution is 2.48. The summed E-state index contributed by atoms with van der Waals surface area (Å²) in [6.07, 6.45) is 0. The van der Waals surface area contributed by atoms with Gasteiger partial charge in [0, 0.05) is 0 Å². The van der Waals surface area contributed by atoms with Crippen molar-refractivity contribution in [2.24, 2.45) is 0 Å². The largest absolute Gasteiger partial charge is 0.0622 e. The molecule has 0 saturated heterocycles. The Hall–Kier alpha value is -8.32. The Bertz CT molecular complexity index is 3400. The van der Waals surface area contributed by atoms with Crippen molar-refractivity contribution in [3.8, 4) is 77.9 Å². The van der Waals surface area contributed by atoms with Crippen molar-refractivity contribution in [2.45, 2.75) is 0 Å². The summed E-state index contributed by atoms with van der Waals surface area (Å²) in [4.78, 5) is 0. The van der Waals surface area contributed by atoms with E-state index in [-0.39, 0.29) is 0 Å². The predicted molar refractivity (Wildman–Crippen MR) is 275 cm³/mol. The Labute approximate surface area is 374 Å². The second-order valence-electron chi connectivity index (χ2n) is 16.7. The lowest BCUT2D eigenvalue weighted by Gasteiger charge is -2.20. The molecule has 64 heavy (non-hydrogen) atoms. The lowest BCUT2D eigenvalue weighted by molar-refractivity contribution is 1.60. The first-order valence-corrected chi connectivity index (χ1v) is 22.2. The van der Waals surface area contributed by atoms with Gasteiger partial charge in [-0.2, -0.15) is 0 Å². The van der Waals surface area contributed by atoms with Gasteiger partial charge >= 0.3 is 0 Å². The molecule has 0 heteroatoms. The molecule has 12 rings (SSSR count). The van der Waals surface area contributed by atoms with E-state index < -0.39 is 0 Å². The summed E-state index contributed by atoms with van der Waals surface area (Å²) < 4.78 is 0. The van der Waals surface area contributed by atoms with Crippen LogP contribution in [0.2, 0.25) is 0 Å². The zero-order valence-electron chi connectivity index (χ0n) is 35.2. The molecule has 0 nitrogen and oxygen atoms in total. The Kier molecular flexibility index (Phi) is 9.28. The molecule has 0 amide bonds. The van der Waals surface area contributed by atoms with Gasteiger partial charge in [-0.1, -0.05) is 243 Å². The molecule has 0 aliphatic rings. The highest BCUT2D eigenvalue weighted by atomic mass is 14.2. The quantitative estimate of drug-likeness (QED) is 0.141. The van der Waals surface area contributed by atoms with E-state index in [0.717, 1.165) is 0 Å². The molecule has 0 spiro atoms. The van der Waals surface area contributed by atoms with Crippen molar-refractivity contribution in [2.75, 3.05) is 0 Å². The molecule has 0 N–H and O–H groups in total. The molecule has 0 saturated carbocycles. The van der Waals surface area contributed by atoms with Crippen LogP contribution in [0.15, 0.2) is 255 Å². The van der Waals surface area contributed by atoms with Crippen molar-refractivity contribution in [1.82, 2.24) is 0 Å². The molecular formula is C64H42. The third kappa shape index (κ3) is 6.48. The van der Waals surface area contributed by atoms with Crippen LogP contribution >= 0.6 is 0 Å². The third-order valence-corrected chi connectivity index (χ3v) is 13.1. The molecule has 0 atom stereocenters. The first-order valence-electron chi connectivity index (χ1n) is 22.2. The molecule has 0 aromatic heterocycles.